The number of anilines is 2. The van der Waals surface area contributed by atoms with Crippen molar-refractivity contribution in [3.05, 3.63) is 88.4 Å². The zero-order chi connectivity index (χ0) is 20.3. The minimum atomic E-state index is -3.82. The second kappa shape index (κ2) is 8.04. The summed E-state index contributed by atoms with van der Waals surface area (Å²) in [5.41, 5.74) is 2.78. The molecule has 0 heterocycles. The molecule has 0 unspecified atom stereocenters. The van der Waals surface area contributed by atoms with Crippen molar-refractivity contribution < 1.29 is 13.2 Å². The predicted octanol–water partition coefficient (Wildman–Crippen LogP) is 5.01. The van der Waals surface area contributed by atoms with E-state index in [0.717, 1.165) is 11.1 Å². The number of carbonyl (C=O) groups is 1. The van der Waals surface area contributed by atoms with Gasteiger partial charge in [-0.2, -0.15) is 0 Å². The summed E-state index contributed by atoms with van der Waals surface area (Å²) in [4.78, 5) is 12.9. The van der Waals surface area contributed by atoms with Crippen molar-refractivity contribution in [1.29, 1.82) is 0 Å². The standard InChI is InChI=1S/C21H19ClN2O3S/c1-14-7-10-17(11-8-14)28(26,27)24-20-6-4-3-5-18(20)21(25)23-19-12-9-16(22)13-15(19)2/h3-13,24H,1-2H3,(H,23,25). The van der Waals surface area contributed by atoms with Crippen LogP contribution in [0.15, 0.2) is 71.6 Å². The van der Waals surface area contributed by atoms with Crippen LogP contribution in [-0.4, -0.2) is 14.3 Å². The molecular weight excluding hydrogens is 396 g/mol. The topological polar surface area (TPSA) is 75.3 Å². The van der Waals surface area contributed by atoms with E-state index in [-0.39, 0.29) is 16.1 Å². The Morgan fingerprint density at radius 3 is 2.25 bits per heavy atom. The van der Waals surface area contributed by atoms with Crippen LogP contribution >= 0.6 is 11.6 Å². The first-order chi connectivity index (χ1) is 13.3. The molecule has 28 heavy (non-hydrogen) atoms. The molecule has 0 aliphatic carbocycles. The average Bonchev–Trinajstić information content (AvgIpc) is 2.64. The molecule has 7 heteroatoms. The highest BCUT2D eigenvalue weighted by Gasteiger charge is 2.19. The minimum Gasteiger partial charge on any atom is -0.322 e. The molecule has 1 amide bonds. The quantitative estimate of drug-likeness (QED) is 0.616. The van der Waals surface area contributed by atoms with Crippen LogP contribution in [0, 0.1) is 13.8 Å². The number of carbonyl (C=O) groups excluding carboxylic acids is 1. The number of aryl methyl sites for hydroxylation is 2. The lowest BCUT2D eigenvalue weighted by Crippen LogP contribution is -2.19. The maximum Gasteiger partial charge on any atom is 0.261 e. The second-order valence-electron chi connectivity index (χ2n) is 6.38. The van der Waals surface area contributed by atoms with Crippen molar-refractivity contribution in [2.45, 2.75) is 18.7 Å². The Morgan fingerprint density at radius 1 is 0.893 bits per heavy atom. The summed E-state index contributed by atoms with van der Waals surface area (Å²) in [6, 6.07) is 18.1. The van der Waals surface area contributed by atoms with Crippen LogP contribution in [0.4, 0.5) is 11.4 Å². The highest BCUT2D eigenvalue weighted by molar-refractivity contribution is 7.92. The SMILES string of the molecule is Cc1ccc(S(=O)(=O)Nc2ccccc2C(=O)Nc2ccc(Cl)cc2C)cc1. The molecule has 5 nitrogen and oxygen atoms in total. The van der Waals surface area contributed by atoms with Crippen molar-refractivity contribution in [2.75, 3.05) is 10.0 Å². The van der Waals surface area contributed by atoms with E-state index in [1.54, 1.807) is 54.6 Å². The fourth-order valence-electron chi connectivity index (χ4n) is 2.65. The molecule has 3 rings (SSSR count). The van der Waals surface area contributed by atoms with E-state index in [1.165, 1.54) is 12.1 Å². The van der Waals surface area contributed by atoms with Gasteiger partial charge in [-0.05, 0) is 61.9 Å². The van der Waals surface area contributed by atoms with E-state index < -0.39 is 15.9 Å². The van der Waals surface area contributed by atoms with Gasteiger partial charge in [0.2, 0.25) is 0 Å². The van der Waals surface area contributed by atoms with Crippen molar-refractivity contribution in [1.82, 2.24) is 0 Å². The molecule has 3 aromatic carbocycles. The lowest BCUT2D eigenvalue weighted by Gasteiger charge is -2.14. The molecule has 0 saturated heterocycles. The first-order valence-electron chi connectivity index (χ1n) is 8.52. The molecule has 144 valence electrons. The molecule has 3 aromatic rings. The van der Waals surface area contributed by atoms with Gasteiger partial charge in [0.05, 0.1) is 16.1 Å². The lowest BCUT2D eigenvalue weighted by atomic mass is 10.1. The number of para-hydroxylation sites is 1. The van der Waals surface area contributed by atoms with Gasteiger partial charge in [0.1, 0.15) is 0 Å². The average molecular weight is 415 g/mol. The van der Waals surface area contributed by atoms with Gasteiger partial charge < -0.3 is 5.32 Å². The molecule has 0 aromatic heterocycles. The normalized spacial score (nSPS) is 11.1. The van der Waals surface area contributed by atoms with Crippen LogP contribution in [0.2, 0.25) is 5.02 Å². The summed E-state index contributed by atoms with van der Waals surface area (Å²) in [5, 5.41) is 3.37. The molecule has 0 spiro atoms. The van der Waals surface area contributed by atoms with Gasteiger partial charge in [0, 0.05) is 10.7 Å². The Kier molecular flexibility index (Phi) is 5.72. The zero-order valence-electron chi connectivity index (χ0n) is 15.4. The Labute approximate surface area is 169 Å². The van der Waals surface area contributed by atoms with Gasteiger partial charge in [0.25, 0.3) is 15.9 Å². The van der Waals surface area contributed by atoms with Crippen LogP contribution in [0.5, 0.6) is 0 Å². The molecule has 0 aliphatic heterocycles. The monoisotopic (exact) mass is 414 g/mol. The summed E-state index contributed by atoms with van der Waals surface area (Å²) < 4.78 is 27.9. The Hall–Kier alpha value is -2.83. The molecule has 0 bridgehead atoms. The number of nitrogens with one attached hydrogen (secondary N) is 2. The maximum absolute atomic E-state index is 12.8. The number of hydrogen-bond donors (Lipinski definition) is 2. The van der Waals surface area contributed by atoms with Crippen molar-refractivity contribution in [2.24, 2.45) is 0 Å². The highest BCUT2D eigenvalue weighted by atomic mass is 35.5. The largest absolute Gasteiger partial charge is 0.322 e. The van der Waals surface area contributed by atoms with Gasteiger partial charge in [-0.25, -0.2) is 8.42 Å². The lowest BCUT2D eigenvalue weighted by molar-refractivity contribution is 0.102. The number of hydrogen-bond acceptors (Lipinski definition) is 3. The summed E-state index contributed by atoms with van der Waals surface area (Å²) in [5.74, 6) is -0.423. The highest BCUT2D eigenvalue weighted by Crippen LogP contribution is 2.24. The van der Waals surface area contributed by atoms with Crippen LogP contribution in [0.3, 0.4) is 0 Å². The molecular formula is C21H19ClN2O3S. The predicted molar refractivity (Wildman–Crippen MR) is 113 cm³/mol. The third-order valence-electron chi connectivity index (χ3n) is 4.18. The van der Waals surface area contributed by atoms with Gasteiger partial charge in [-0.1, -0.05) is 41.4 Å². The first-order valence-corrected chi connectivity index (χ1v) is 10.4. The summed E-state index contributed by atoms with van der Waals surface area (Å²) >= 11 is 5.95. The van der Waals surface area contributed by atoms with Crippen LogP contribution in [-0.2, 0) is 10.0 Å². The van der Waals surface area contributed by atoms with Crippen molar-refractivity contribution in [3.8, 4) is 0 Å². The number of benzene rings is 3. The number of sulfonamides is 1. The van der Waals surface area contributed by atoms with Crippen molar-refractivity contribution in [3.63, 3.8) is 0 Å². The van der Waals surface area contributed by atoms with E-state index >= 15 is 0 Å². The third-order valence-corrected chi connectivity index (χ3v) is 5.80. The van der Waals surface area contributed by atoms with Crippen molar-refractivity contribution >= 4 is 38.9 Å². The van der Waals surface area contributed by atoms with Crippen LogP contribution in [0.25, 0.3) is 0 Å². The number of amides is 1. The van der Waals surface area contributed by atoms with Crippen LogP contribution in [0.1, 0.15) is 21.5 Å². The van der Waals surface area contributed by atoms with E-state index in [1.807, 2.05) is 13.8 Å². The molecule has 0 aliphatic rings. The van der Waals surface area contributed by atoms with E-state index in [2.05, 4.69) is 10.0 Å². The molecule has 0 fully saturated rings. The minimum absolute atomic E-state index is 0.127. The number of rotatable bonds is 5. The molecule has 0 saturated carbocycles. The smallest absolute Gasteiger partial charge is 0.261 e. The van der Waals surface area contributed by atoms with E-state index in [4.69, 9.17) is 11.6 Å². The van der Waals surface area contributed by atoms with Gasteiger partial charge in [-0.3, -0.25) is 9.52 Å². The van der Waals surface area contributed by atoms with Gasteiger partial charge in [0.15, 0.2) is 0 Å². The first kappa shape index (κ1) is 19.9. The summed E-state index contributed by atoms with van der Waals surface area (Å²) in [6.45, 7) is 3.70. The van der Waals surface area contributed by atoms with E-state index in [9.17, 15) is 13.2 Å². The number of halogens is 1. The Morgan fingerprint density at radius 2 is 1.57 bits per heavy atom. The molecule has 0 atom stereocenters. The maximum atomic E-state index is 12.8. The Balaban J connectivity index is 1.88. The second-order valence-corrected chi connectivity index (χ2v) is 8.50. The zero-order valence-corrected chi connectivity index (χ0v) is 16.9. The Bertz CT molecular complexity index is 1130. The molecule has 0 radical (unpaired) electrons. The summed E-state index contributed by atoms with van der Waals surface area (Å²) in [7, 11) is -3.82. The fourth-order valence-corrected chi connectivity index (χ4v) is 3.95. The van der Waals surface area contributed by atoms with Gasteiger partial charge in [-0.15, -0.1) is 0 Å². The van der Waals surface area contributed by atoms with Gasteiger partial charge >= 0.3 is 0 Å². The summed E-state index contributed by atoms with van der Waals surface area (Å²) in [6.07, 6.45) is 0. The fraction of sp³-hybridized carbons (Fsp3) is 0.0952. The van der Waals surface area contributed by atoms with E-state index in [0.29, 0.717) is 10.7 Å². The molecule has 2 N–H and O–H groups in total. The van der Waals surface area contributed by atoms with Crippen LogP contribution < -0.4 is 10.0 Å². The third kappa shape index (κ3) is 4.52.